The number of nitrogens with one attached hydrogen (secondary N) is 1. The van der Waals surface area contributed by atoms with E-state index in [1.807, 2.05) is 6.07 Å². The third-order valence-corrected chi connectivity index (χ3v) is 2.60. The van der Waals surface area contributed by atoms with Crippen molar-refractivity contribution in [3.63, 3.8) is 0 Å². The zero-order valence-corrected chi connectivity index (χ0v) is 9.23. The molecule has 1 atom stereocenters. The molecule has 1 aliphatic heterocycles. The van der Waals surface area contributed by atoms with Gasteiger partial charge in [-0.25, -0.2) is 0 Å². The third kappa shape index (κ3) is 1.59. The molecule has 0 bridgehead atoms. The Morgan fingerprint density at radius 2 is 2.31 bits per heavy atom. The molecule has 0 aromatic heterocycles. The van der Waals surface area contributed by atoms with Crippen molar-refractivity contribution in [3.05, 3.63) is 18.2 Å². The Balaban J connectivity index is 2.48. The highest BCUT2D eigenvalue weighted by molar-refractivity contribution is 6.00. The largest absolute Gasteiger partial charge is 0.479 e. The first kappa shape index (κ1) is 10.8. The van der Waals surface area contributed by atoms with E-state index in [0.717, 1.165) is 5.69 Å². The van der Waals surface area contributed by atoms with Crippen molar-refractivity contribution in [2.24, 2.45) is 0 Å². The van der Waals surface area contributed by atoms with Gasteiger partial charge in [0.1, 0.15) is 12.5 Å². The zero-order valence-electron chi connectivity index (χ0n) is 9.23. The summed E-state index contributed by atoms with van der Waals surface area (Å²) in [5.41, 5.74) is 1.46. The lowest BCUT2D eigenvalue weighted by Gasteiger charge is -2.31. The number of hydrogen-bond acceptors (Lipinski definition) is 4. The predicted octanol–water partition coefficient (Wildman–Crippen LogP) is 0.792. The molecule has 5 heteroatoms. The van der Waals surface area contributed by atoms with Crippen molar-refractivity contribution in [2.75, 3.05) is 24.0 Å². The van der Waals surface area contributed by atoms with Crippen molar-refractivity contribution >= 4 is 17.3 Å². The molecule has 0 saturated carbocycles. The number of fused-ring (bicyclic) bond motifs is 1. The second-order valence-electron chi connectivity index (χ2n) is 3.60. The SMILES string of the molecule is CNc1ccc2c(c1)N(CO)C(=O)C(C)O2. The number of carbonyl (C=O) groups excluding carboxylic acids is 1. The van der Waals surface area contributed by atoms with Crippen molar-refractivity contribution in [3.8, 4) is 5.75 Å². The average molecular weight is 222 g/mol. The smallest absolute Gasteiger partial charge is 0.269 e. The van der Waals surface area contributed by atoms with Crippen LogP contribution in [-0.2, 0) is 4.79 Å². The van der Waals surface area contributed by atoms with Gasteiger partial charge in [0.2, 0.25) is 0 Å². The number of rotatable bonds is 2. The Morgan fingerprint density at radius 1 is 1.56 bits per heavy atom. The maximum Gasteiger partial charge on any atom is 0.269 e. The summed E-state index contributed by atoms with van der Waals surface area (Å²) in [4.78, 5) is 13.0. The third-order valence-electron chi connectivity index (χ3n) is 2.60. The van der Waals surface area contributed by atoms with Crippen LogP contribution in [0.15, 0.2) is 18.2 Å². The number of anilines is 2. The van der Waals surface area contributed by atoms with Gasteiger partial charge in [0.25, 0.3) is 5.91 Å². The number of amides is 1. The average Bonchev–Trinajstić information content (AvgIpc) is 2.30. The number of carbonyl (C=O) groups is 1. The molecular weight excluding hydrogens is 208 g/mol. The molecule has 0 aliphatic carbocycles. The molecule has 1 heterocycles. The first-order valence-electron chi connectivity index (χ1n) is 5.08. The van der Waals surface area contributed by atoms with Crippen LogP contribution in [0.5, 0.6) is 5.75 Å². The summed E-state index contributed by atoms with van der Waals surface area (Å²) >= 11 is 0. The van der Waals surface area contributed by atoms with Gasteiger partial charge >= 0.3 is 0 Å². The highest BCUT2D eigenvalue weighted by Gasteiger charge is 2.30. The van der Waals surface area contributed by atoms with Gasteiger partial charge in [0.05, 0.1) is 5.69 Å². The van der Waals surface area contributed by atoms with E-state index in [0.29, 0.717) is 11.4 Å². The number of aliphatic hydroxyl groups is 1. The Labute approximate surface area is 93.6 Å². The summed E-state index contributed by atoms with van der Waals surface area (Å²) in [6.07, 6.45) is -0.555. The van der Waals surface area contributed by atoms with Crippen LogP contribution < -0.4 is 15.0 Å². The van der Waals surface area contributed by atoms with Gasteiger partial charge in [-0.05, 0) is 25.1 Å². The zero-order chi connectivity index (χ0) is 11.7. The van der Waals surface area contributed by atoms with Crippen LogP contribution in [0.4, 0.5) is 11.4 Å². The van der Waals surface area contributed by atoms with Gasteiger partial charge in [0, 0.05) is 12.7 Å². The van der Waals surface area contributed by atoms with Crippen LogP contribution >= 0.6 is 0 Å². The fraction of sp³-hybridized carbons (Fsp3) is 0.364. The van der Waals surface area contributed by atoms with E-state index in [2.05, 4.69) is 5.32 Å². The first-order chi connectivity index (χ1) is 7.67. The van der Waals surface area contributed by atoms with E-state index < -0.39 is 6.10 Å². The minimum absolute atomic E-state index is 0.233. The van der Waals surface area contributed by atoms with Crippen LogP contribution in [0, 0.1) is 0 Å². The lowest BCUT2D eigenvalue weighted by Crippen LogP contribution is -2.44. The molecule has 1 unspecified atom stereocenters. The number of ether oxygens (including phenoxy) is 1. The van der Waals surface area contributed by atoms with Crippen molar-refractivity contribution in [2.45, 2.75) is 13.0 Å². The molecule has 1 aliphatic rings. The first-order valence-corrected chi connectivity index (χ1v) is 5.08. The Hall–Kier alpha value is -1.75. The summed E-state index contributed by atoms with van der Waals surface area (Å²) in [6.45, 7) is 1.33. The lowest BCUT2D eigenvalue weighted by molar-refractivity contribution is -0.126. The van der Waals surface area contributed by atoms with Crippen LogP contribution in [0.2, 0.25) is 0 Å². The van der Waals surface area contributed by atoms with Gasteiger partial charge in [0.15, 0.2) is 6.10 Å². The second kappa shape index (κ2) is 4.02. The van der Waals surface area contributed by atoms with E-state index in [4.69, 9.17) is 4.74 Å². The highest BCUT2D eigenvalue weighted by Crippen LogP contribution is 2.35. The van der Waals surface area contributed by atoms with Crippen LogP contribution in [0.3, 0.4) is 0 Å². The number of nitrogens with zero attached hydrogens (tertiary/aromatic N) is 1. The molecule has 2 rings (SSSR count). The molecule has 0 radical (unpaired) electrons. The van der Waals surface area contributed by atoms with Crippen molar-refractivity contribution in [1.82, 2.24) is 0 Å². The normalized spacial score (nSPS) is 19.1. The summed E-state index contributed by atoms with van der Waals surface area (Å²) in [5, 5.41) is 12.2. The summed E-state index contributed by atoms with van der Waals surface area (Å²) in [5.74, 6) is 0.378. The Kier molecular flexibility index (Phi) is 2.70. The molecule has 16 heavy (non-hydrogen) atoms. The van der Waals surface area contributed by atoms with Crippen LogP contribution in [0.25, 0.3) is 0 Å². The fourth-order valence-electron chi connectivity index (χ4n) is 1.71. The van der Waals surface area contributed by atoms with Crippen molar-refractivity contribution in [1.29, 1.82) is 0 Å². The molecule has 0 fully saturated rings. The summed E-state index contributed by atoms with van der Waals surface area (Å²) in [7, 11) is 1.79. The van der Waals surface area contributed by atoms with Gasteiger partial charge in [-0.15, -0.1) is 0 Å². The van der Waals surface area contributed by atoms with E-state index in [1.165, 1.54) is 4.90 Å². The van der Waals surface area contributed by atoms with Gasteiger partial charge < -0.3 is 15.2 Å². The maximum atomic E-state index is 11.7. The van der Waals surface area contributed by atoms with Crippen LogP contribution in [0.1, 0.15) is 6.92 Å². The van der Waals surface area contributed by atoms with E-state index >= 15 is 0 Å². The number of benzene rings is 1. The topological polar surface area (TPSA) is 61.8 Å². The number of aliphatic hydroxyl groups excluding tert-OH is 1. The van der Waals surface area contributed by atoms with Gasteiger partial charge in [-0.3, -0.25) is 9.69 Å². The molecular formula is C11H14N2O3. The quantitative estimate of drug-likeness (QED) is 0.776. The predicted molar refractivity (Wildman–Crippen MR) is 60.7 cm³/mol. The van der Waals surface area contributed by atoms with E-state index in [9.17, 15) is 9.90 Å². The molecule has 1 amide bonds. The second-order valence-corrected chi connectivity index (χ2v) is 3.60. The molecule has 2 N–H and O–H groups in total. The highest BCUT2D eigenvalue weighted by atomic mass is 16.5. The molecule has 86 valence electrons. The lowest BCUT2D eigenvalue weighted by atomic mass is 10.2. The number of hydrogen-bond donors (Lipinski definition) is 2. The monoisotopic (exact) mass is 222 g/mol. The Morgan fingerprint density at radius 3 is 2.94 bits per heavy atom. The molecule has 1 aromatic carbocycles. The van der Waals surface area contributed by atoms with Gasteiger partial charge in [-0.2, -0.15) is 0 Å². The van der Waals surface area contributed by atoms with E-state index in [1.54, 1.807) is 26.1 Å². The van der Waals surface area contributed by atoms with E-state index in [-0.39, 0.29) is 12.6 Å². The minimum Gasteiger partial charge on any atom is -0.479 e. The summed E-state index contributed by atoms with van der Waals surface area (Å²) < 4.78 is 5.45. The van der Waals surface area contributed by atoms with Crippen molar-refractivity contribution < 1.29 is 14.6 Å². The Bertz CT molecular complexity index is 420. The molecule has 5 nitrogen and oxygen atoms in total. The molecule has 0 spiro atoms. The van der Waals surface area contributed by atoms with Gasteiger partial charge in [-0.1, -0.05) is 0 Å². The minimum atomic E-state index is -0.555. The summed E-state index contributed by atoms with van der Waals surface area (Å²) in [6, 6.07) is 5.42. The molecule has 1 aromatic rings. The van der Waals surface area contributed by atoms with Crippen LogP contribution in [-0.4, -0.2) is 30.9 Å². The maximum absolute atomic E-state index is 11.7. The molecule has 0 saturated heterocycles. The standard InChI is InChI=1S/C11H14N2O3/c1-7-11(15)13(6-14)9-5-8(12-2)3-4-10(9)16-7/h3-5,7,12,14H,6H2,1-2H3. The fourth-order valence-corrected chi connectivity index (χ4v) is 1.71.